The van der Waals surface area contributed by atoms with Gasteiger partial charge in [0.15, 0.2) is 5.13 Å². The van der Waals surface area contributed by atoms with Crippen LogP contribution in [0.4, 0.5) is 9.93 Å². The quantitative estimate of drug-likeness (QED) is 0.841. The molecule has 1 aromatic carbocycles. The lowest BCUT2D eigenvalue weighted by Crippen LogP contribution is -2.50. The molecule has 3 rings (SSSR count). The van der Waals surface area contributed by atoms with Crippen LogP contribution in [0.1, 0.15) is 29.7 Å². The number of aromatic nitrogens is 1. The summed E-state index contributed by atoms with van der Waals surface area (Å²) < 4.78 is 10.5. The molecule has 2 aromatic rings. The smallest absolute Gasteiger partial charge is 0.321 e. The minimum absolute atomic E-state index is 0.311. The van der Waals surface area contributed by atoms with Gasteiger partial charge in [0, 0.05) is 25.7 Å². The predicted octanol–water partition coefficient (Wildman–Crippen LogP) is 2.99. The van der Waals surface area contributed by atoms with Gasteiger partial charge in [0.2, 0.25) is 0 Å². The summed E-state index contributed by atoms with van der Waals surface area (Å²) in [4.78, 5) is 16.9. The molecule has 7 nitrogen and oxygen atoms in total. The Balaban J connectivity index is 1.74. The van der Waals surface area contributed by atoms with E-state index in [2.05, 4.69) is 21.7 Å². The van der Waals surface area contributed by atoms with Crippen LogP contribution in [0.3, 0.4) is 0 Å². The number of nitrogens with zero attached hydrogens (tertiary/aromatic N) is 2. The fraction of sp³-hybridized carbons (Fsp3) is 0.389. The standard InChI is InChI=1S/C18H20N4O3S/c1-24-11-15-12-26-17(20-15)21-16(23)22-18(6-8-25-9-7-18)14-4-2-13(10-19)3-5-14/h2-5,12H,6-9,11H2,1H3,(H2,20,21,22,23). The van der Waals surface area contributed by atoms with E-state index in [4.69, 9.17) is 14.7 Å². The normalized spacial score (nSPS) is 15.8. The third-order valence-electron chi connectivity index (χ3n) is 4.33. The second-order valence-corrected chi connectivity index (χ2v) is 6.90. The summed E-state index contributed by atoms with van der Waals surface area (Å²) in [5, 5.41) is 17.3. The van der Waals surface area contributed by atoms with E-state index in [1.807, 2.05) is 17.5 Å². The van der Waals surface area contributed by atoms with E-state index < -0.39 is 5.54 Å². The first-order valence-corrected chi connectivity index (χ1v) is 9.14. The number of amides is 2. The summed E-state index contributed by atoms with van der Waals surface area (Å²) in [6.45, 7) is 1.54. The van der Waals surface area contributed by atoms with Crippen LogP contribution in [0.2, 0.25) is 0 Å². The molecule has 2 heterocycles. The van der Waals surface area contributed by atoms with Crippen LogP contribution in [-0.4, -0.2) is 31.3 Å². The maximum Gasteiger partial charge on any atom is 0.321 e. The predicted molar refractivity (Wildman–Crippen MR) is 97.9 cm³/mol. The molecule has 26 heavy (non-hydrogen) atoms. The number of nitrogens with one attached hydrogen (secondary N) is 2. The highest BCUT2D eigenvalue weighted by atomic mass is 32.1. The minimum atomic E-state index is -0.525. The molecule has 0 atom stereocenters. The maximum atomic E-state index is 12.6. The fourth-order valence-corrected chi connectivity index (χ4v) is 3.68. The molecule has 8 heteroatoms. The van der Waals surface area contributed by atoms with Crippen molar-refractivity contribution in [2.75, 3.05) is 25.6 Å². The highest BCUT2D eigenvalue weighted by Gasteiger charge is 2.36. The van der Waals surface area contributed by atoms with Crippen LogP contribution >= 0.6 is 11.3 Å². The monoisotopic (exact) mass is 372 g/mol. The minimum Gasteiger partial charge on any atom is -0.381 e. The zero-order valence-corrected chi connectivity index (χ0v) is 15.3. The van der Waals surface area contributed by atoms with E-state index in [9.17, 15) is 4.79 Å². The molecule has 0 radical (unpaired) electrons. The average Bonchev–Trinajstić information content (AvgIpc) is 3.09. The Bertz CT molecular complexity index is 792. The van der Waals surface area contributed by atoms with Crippen LogP contribution in [0.5, 0.6) is 0 Å². The van der Waals surface area contributed by atoms with Crippen LogP contribution in [0.15, 0.2) is 29.6 Å². The van der Waals surface area contributed by atoms with Crippen molar-refractivity contribution >= 4 is 22.5 Å². The Morgan fingerprint density at radius 3 is 2.77 bits per heavy atom. The van der Waals surface area contributed by atoms with Gasteiger partial charge in [0.25, 0.3) is 0 Å². The SMILES string of the molecule is COCc1csc(NC(=O)NC2(c3ccc(C#N)cc3)CCOCC2)n1. The lowest BCUT2D eigenvalue weighted by molar-refractivity contribution is 0.0418. The molecule has 136 valence electrons. The molecule has 2 N–H and O–H groups in total. The van der Waals surface area contributed by atoms with Gasteiger partial charge in [0.1, 0.15) is 0 Å². The Kier molecular flexibility index (Phi) is 5.83. The zero-order chi connectivity index (χ0) is 18.4. The van der Waals surface area contributed by atoms with Gasteiger partial charge in [-0.15, -0.1) is 11.3 Å². The van der Waals surface area contributed by atoms with Crippen LogP contribution in [0.25, 0.3) is 0 Å². The number of hydrogen-bond acceptors (Lipinski definition) is 6. The van der Waals surface area contributed by atoms with Gasteiger partial charge < -0.3 is 14.8 Å². The molecular formula is C18H20N4O3S. The number of urea groups is 1. The molecule has 1 aliphatic rings. The second-order valence-electron chi connectivity index (χ2n) is 6.04. The highest BCUT2D eigenvalue weighted by Crippen LogP contribution is 2.32. The van der Waals surface area contributed by atoms with Crippen molar-refractivity contribution in [1.82, 2.24) is 10.3 Å². The average molecular weight is 372 g/mol. The topological polar surface area (TPSA) is 96.3 Å². The van der Waals surface area contributed by atoms with Crippen molar-refractivity contribution in [3.8, 4) is 6.07 Å². The number of ether oxygens (including phenoxy) is 2. The number of rotatable bonds is 5. The molecule has 2 amide bonds. The van der Waals surface area contributed by atoms with E-state index >= 15 is 0 Å². The van der Waals surface area contributed by atoms with Crippen molar-refractivity contribution < 1.29 is 14.3 Å². The van der Waals surface area contributed by atoms with Gasteiger partial charge in [-0.1, -0.05) is 12.1 Å². The van der Waals surface area contributed by atoms with E-state index in [0.29, 0.717) is 43.4 Å². The Morgan fingerprint density at radius 1 is 1.38 bits per heavy atom. The molecule has 0 aliphatic carbocycles. The molecule has 0 bridgehead atoms. The summed E-state index contributed by atoms with van der Waals surface area (Å²) >= 11 is 1.36. The van der Waals surface area contributed by atoms with Crippen molar-refractivity contribution in [1.29, 1.82) is 5.26 Å². The van der Waals surface area contributed by atoms with E-state index in [1.165, 1.54) is 11.3 Å². The van der Waals surface area contributed by atoms with Gasteiger partial charge >= 0.3 is 6.03 Å². The van der Waals surface area contributed by atoms with Gasteiger partial charge in [-0.25, -0.2) is 9.78 Å². The maximum absolute atomic E-state index is 12.6. The van der Waals surface area contributed by atoms with Crippen LogP contribution < -0.4 is 10.6 Å². The first kappa shape index (κ1) is 18.3. The third kappa shape index (κ3) is 4.19. The van der Waals surface area contributed by atoms with Gasteiger partial charge in [-0.2, -0.15) is 5.26 Å². The third-order valence-corrected chi connectivity index (χ3v) is 5.14. The fourth-order valence-electron chi connectivity index (χ4n) is 2.99. The summed E-state index contributed by atoms with van der Waals surface area (Å²) in [6.07, 6.45) is 1.33. The van der Waals surface area contributed by atoms with E-state index in [1.54, 1.807) is 19.2 Å². The Labute approximate surface area is 156 Å². The zero-order valence-electron chi connectivity index (χ0n) is 14.4. The number of hydrogen-bond donors (Lipinski definition) is 2. The number of benzene rings is 1. The molecule has 1 saturated heterocycles. The Hall–Kier alpha value is -2.47. The number of nitriles is 1. The Morgan fingerprint density at radius 2 is 2.12 bits per heavy atom. The van der Waals surface area contributed by atoms with Crippen molar-refractivity contribution in [2.45, 2.75) is 25.0 Å². The lowest BCUT2D eigenvalue weighted by atomic mass is 9.82. The summed E-state index contributed by atoms with van der Waals surface area (Å²) in [5.74, 6) is 0. The van der Waals surface area contributed by atoms with E-state index in [-0.39, 0.29) is 6.03 Å². The number of methoxy groups -OCH3 is 1. The number of anilines is 1. The van der Waals surface area contributed by atoms with Gasteiger partial charge in [-0.3, -0.25) is 5.32 Å². The summed E-state index contributed by atoms with van der Waals surface area (Å²) in [5.41, 5.74) is 1.81. The molecule has 0 spiro atoms. The lowest BCUT2D eigenvalue weighted by Gasteiger charge is -2.38. The molecular weight excluding hydrogens is 352 g/mol. The summed E-state index contributed by atoms with van der Waals surface area (Å²) in [7, 11) is 1.60. The molecule has 1 aliphatic heterocycles. The molecule has 1 aromatic heterocycles. The molecule has 0 unspecified atom stereocenters. The van der Waals surface area contributed by atoms with Crippen LogP contribution in [0, 0.1) is 11.3 Å². The highest BCUT2D eigenvalue weighted by molar-refractivity contribution is 7.13. The second kappa shape index (κ2) is 8.27. The first-order chi connectivity index (χ1) is 12.6. The van der Waals surface area contributed by atoms with Gasteiger partial charge in [0.05, 0.1) is 29.5 Å². The largest absolute Gasteiger partial charge is 0.381 e. The van der Waals surface area contributed by atoms with Crippen molar-refractivity contribution in [3.05, 3.63) is 46.5 Å². The summed E-state index contributed by atoms with van der Waals surface area (Å²) in [6, 6.07) is 9.13. The van der Waals surface area contributed by atoms with Gasteiger partial charge in [-0.05, 0) is 30.5 Å². The first-order valence-electron chi connectivity index (χ1n) is 8.26. The van der Waals surface area contributed by atoms with Crippen molar-refractivity contribution in [3.63, 3.8) is 0 Å². The molecule has 0 saturated carbocycles. The van der Waals surface area contributed by atoms with Crippen molar-refractivity contribution in [2.24, 2.45) is 0 Å². The van der Waals surface area contributed by atoms with Crippen LogP contribution in [-0.2, 0) is 21.6 Å². The molecule has 1 fully saturated rings. The number of carbonyl (C=O) groups excluding carboxylic acids is 1. The number of thiazole rings is 1. The van der Waals surface area contributed by atoms with E-state index in [0.717, 1.165) is 11.3 Å². The number of carbonyl (C=O) groups is 1.